The molecule has 0 saturated heterocycles. The number of hydrogen-bond donors (Lipinski definition) is 3. The van der Waals surface area contributed by atoms with Gasteiger partial charge in [0.2, 0.25) is 0 Å². The fourth-order valence-electron chi connectivity index (χ4n) is 2.74. The first kappa shape index (κ1) is 18.6. The molecule has 0 aromatic heterocycles. The van der Waals surface area contributed by atoms with E-state index in [-0.39, 0.29) is 0 Å². The largest absolute Gasteiger partial charge is 0.473 e. The maximum absolute atomic E-state index is 10.3. The number of carboxylic acid groups (broad SMARTS) is 2. The molecule has 1 aliphatic heterocycles. The minimum Gasteiger partial charge on any atom is -0.473 e. The third-order valence-electron chi connectivity index (χ3n) is 4.01. The fraction of sp³-hybridized carbons (Fsp3) is 0.263. The normalized spacial score (nSPS) is 14.6. The fourth-order valence-corrected chi connectivity index (χ4v) is 2.74. The second-order valence-corrected chi connectivity index (χ2v) is 5.79. The summed E-state index contributed by atoms with van der Waals surface area (Å²) < 4.78 is 0. The number of aliphatic hydroxyl groups is 1. The van der Waals surface area contributed by atoms with Crippen LogP contribution in [-0.2, 0) is 22.6 Å². The Morgan fingerprint density at radius 2 is 1.48 bits per heavy atom. The van der Waals surface area contributed by atoms with E-state index in [1.165, 1.54) is 11.1 Å². The first-order chi connectivity index (χ1) is 12.0. The van der Waals surface area contributed by atoms with E-state index in [4.69, 9.17) is 19.8 Å². The average Bonchev–Trinajstić information content (AvgIpc) is 2.63. The number of carbonyl (C=O) groups is 2. The van der Waals surface area contributed by atoms with Crippen molar-refractivity contribution in [2.24, 2.45) is 0 Å². The van der Waals surface area contributed by atoms with Crippen molar-refractivity contribution >= 4 is 11.9 Å². The molecule has 0 amide bonds. The summed E-state index contributed by atoms with van der Waals surface area (Å²) in [5.41, 5.74) is 3.85. The van der Waals surface area contributed by atoms with Crippen LogP contribution in [0.4, 0.5) is 0 Å². The molecule has 3 N–H and O–H groups in total. The average molecular weight is 343 g/mol. The Morgan fingerprint density at radius 3 is 2.08 bits per heavy atom. The number of β-amino-alcohol motifs (C(OH)–C–C–N with tert-alkyl or cyclic N) is 1. The van der Waals surface area contributed by atoms with Crippen LogP contribution in [0.25, 0.3) is 0 Å². The highest BCUT2D eigenvalue weighted by Gasteiger charge is 2.18. The van der Waals surface area contributed by atoms with Gasteiger partial charge in [0, 0.05) is 19.6 Å². The van der Waals surface area contributed by atoms with Gasteiger partial charge >= 0.3 is 11.9 Å². The third kappa shape index (κ3) is 5.70. The number of hydrogen-bond acceptors (Lipinski definition) is 4. The van der Waals surface area contributed by atoms with Crippen molar-refractivity contribution in [1.29, 1.82) is 0 Å². The molecular weight excluding hydrogens is 322 g/mol. The quantitative estimate of drug-likeness (QED) is 0.737. The second kappa shape index (κ2) is 8.96. The highest BCUT2D eigenvalue weighted by Crippen LogP contribution is 2.21. The predicted octanol–water partition coefficient (Wildman–Crippen LogP) is 1.93. The van der Waals surface area contributed by atoms with E-state index in [0.717, 1.165) is 25.1 Å². The zero-order valence-corrected chi connectivity index (χ0v) is 13.7. The van der Waals surface area contributed by atoms with Crippen molar-refractivity contribution < 1.29 is 24.9 Å². The standard InChI is InChI=1S/C17H19NO.C2H2O4/c19-17(15-7-2-1-3-8-15)13-18-11-10-14-6-4-5-9-16(14)12-18;3-1(4)2(5)6/h1-9,17,19H,10-13H2;(H,3,4)(H,5,6). The van der Waals surface area contributed by atoms with Crippen molar-refractivity contribution in [2.75, 3.05) is 13.1 Å². The van der Waals surface area contributed by atoms with Crippen LogP contribution >= 0.6 is 0 Å². The zero-order chi connectivity index (χ0) is 18.2. The summed E-state index contributed by atoms with van der Waals surface area (Å²) in [6.07, 6.45) is 0.684. The molecule has 0 aliphatic carbocycles. The molecule has 25 heavy (non-hydrogen) atoms. The monoisotopic (exact) mass is 343 g/mol. The van der Waals surface area contributed by atoms with Crippen LogP contribution in [0.15, 0.2) is 54.6 Å². The lowest BCUT2D eigenvalue weighted by atomic mass is 9.99. The summed E-state index contributed by atoms with van der Waals surface area (Å²) in [5, 5.41) is 25.1. The Morgan fingerprint density at radius 1 is 0.920 bits per heavy atom. The van der Waals surface area contributed by atoms with Gasteiger partial charge in [0.05, 0.1) is 6.10 Å². The van der Waals surface area contributed by atoms with E-state index in [1.807, 2.05) is 30.3 Å². The van der Waals surface area contributed by atoms with E-state index in [1.54, 1.807) is 0 Å². The summed E-state index contributed by atoms with van der Waals surface area (Å²) in [6, 6.07) is 18.5. The highest BCUT2D eigenvalue weighted by molar-refractivity contribution is 6.27. The van der Waals surface area contributed by atoms with Gasteiger partial charge in [-0.15, -0.1) is 0 Å². The summed E-state index contributed by atoms with van der Waals surface area (Å²) in [4.78, 5) is 20.5. The molecule has 0 bridgehead atoms. The van der Waals surface area contributed by atoms with Crippen LogP contribution in [0, 0.1) is 0 Å². The van der Waals surface area contributed by atoms with Gasteiger partial charge in [0.25, 0.3) is 0 Å². The lowest BCUT2D eigenvalue weighted by molar-refractivity contribution is -0.159. The van der Waals surface area contributed by atoms with Gasteiger partial charge in [-0.25, -0.2) is 9.59 Å². The Labute approximate surface area is 146 Å². The SMILES string of the molecule is O=C(O)C(=O)O.OC(CN1CCc2ccccc2C1)c1ccccc1. The lowest BCUT2D eigenvalue weighted by Crippen LogP contribution is -2.33. The Hall–Kier alpha value is -2.70. The minimum atomic E-state index is -1.82. The third-order valence-corrected chi connectivity index (χ3v) is 4.01. The number of aliphatic hydroxyl groups excluding tert-OH is 1. The molecule has 6 heteroatoms. The molecule has 2 aromatic rings. The molecule has 1 heterocycles. The Balaban J connectivity index is 0.000000326. The van der Waals surface area contributed by atoms with Crippen LogP contribution in [0.3, 0.4) is 0 Å². The van der Waals surface area contributed by atoms with E-state index < -0.39 is 18.0 Å². The summed E-state index contributed by atoms with van der Waals surface area (Å²) >= 11 is 0. The van der Waals surface area contributed by atoms with Gasteiger partial charge in [-0.05, 0) is 23.1 Å². The number of carboxylic acids is 2. The Kier molecular flexibility index (Phi) is 6.68. The molecule has 6 nitrogen and oxygen atoms in total. The Bertz CT molecular complexity index is 705. The van der Waals surface area contributed by atoms with Gasteiger partial charge < -0.3 is 15.3 Å². The minimum absolute atomic E-state index is 0.397. The van der Waals surface area contributed by atoms with Crippen LogP contribution < -0.4 is 0 Å². The van der Waals surface area contributed by atoms with Crippen molar-refractivity contribution in [2.45, 2.75) is 19.1 Å². The van der Waals surface area contributed by atoms with Crippen molar-refractivity contribution in [3.63, 3.8) is 0 Å². The molecule has 1 unspecified atom stereocenters. The van der Waals surface area contributed by atoms with Crippen LogP contribution in [0.1, 0.15) is 22.8 Å². The molecule has 0 saturated carbocycles. The van der Waals surface area contributed by atoms with E-state index in [0.29, 0.717) is 6.54 Å². The topological polar surface area (TPSA) is 98.1 Å². The van der Waals surface area contributed by atoms with Crippen LogP contribution in [0.2, 0.25) is 0 Å². The van der Waals surface area contributed by atoms with Crippen LogP contribution in [-0.4, -0.2) is 45.2 Å². The molecule has 0 fully saturated rings. The van der Waals surface area contributed by atoms with Gasteiger partial charge in [0.15, 0.2) is 0 Å². The number of fused-ring (bicyclic) bond motifs is 1. The van der Waals surface area contributed by atoms with E-state index >= 15 is 0 Å². The number of benzene rings is 2. The van der Waals surface area contributed by atoms with Gasteiger partial charge in [-0.1, -0.05) is 54.6 Å². The lowest BCUT2D eigenvalue weighted by Gasteiger charge is -2.30. The zero-order valence-electron chi connectivity index (χ0n) is 13.7. The van der Waals surface area contributed by atoms with Gasteiger partial charge in [-0.3, -0.25) is 4.90 Å². The first-order valence-electron chi connectivity index (χ1n) is 7.95. The smallest absolute Gasteiger partial charge is 0.414 e. The van der Waals surface area contributed by atoms with Crippen LogP contribution in [0.5, 0.6) is 0 Å². The summed E-state index contributed by atoms with van der Waals surface area (Å²) in [6.45, 7) is 2.68. The molecule has 3 rings (SSSR count). The van der Waals surface area contributed by atoms with E-state index in [9.17, 15) is 5.11 Å². The number of rotatable bonds is 3. The molecule has 0 spiro atoms. The summed E-state index contributed by atoms with van der Waals surface area (Å²) in [7, 11) is 0. The molecule has 0 radical (unpaired) electrons. The van der Waals surface area contributed by atoms with Crippen molar-refractivity contribution in [1.82, 2.24) is 4.90 Å². The molecule has 1 aliphatic rings. The highest BCUT2D eigenvalue weighted by atomic mass is 16.4. The molecule has 1 atom stereocenters. The van der Waals surface area contributed by atoms with Gasteiger partial charge in [0.1, 0.15) is 0 Å². The maximum atomic E-state index is 10.3. The van der Waals surface area contributed by atoms with E-state index in [2.05, 4.69) is 29.2 Å². The first-order valence-corrected chi connectivity index (χ1v) is 7.95. The maximum Gasteiger partial charge on any atom is 0.414 e. The number of nitrogens with zero attached hydrogens (tertiary/aromatic N) is 1. The predicted molar refractivity (Wildman–Crippen MR) is 92.1 cm³/mol. The van der Waals surface area contributed by atoms with Crippen molar-refractivity contribution in [3.05, 3.63) is 71.3 Å². The molecule has 2 aromatic carbocycles. The molecular formula is C19H21NO5. The summed E-state index contributed by atoms with van der Waals surface area (Å²) in [5.74, 6) is -3.65. The second-order valence-electron chi connectivity index (χ2n) is 5.79. The number of aliphatic carboxylic acids is 2. The molecule has 132 valence electrons. The van der Waals surface area contributed by atoms with Crippen molar-refractivity contribution in [3.8, 4) is 0 Å². The van der Waals surface area contributed by atoms with Gasteiger partial charge in [-0.2, -0.15) is 0 Å².